The fourth-order valence-corrected chi connectivity index (χ4v) is 3.07. The smallest absolute Gasteiger partial charge is 0.270 e. The summed E-state index contributed by atoms with van der Waals surface area (Å²) in [6.45, 7) is 0.727. The molecule has 5 nitrogen and oxygen atoms in total. The van der Waals surface area contributed by atoms with E-state index in [0.717, 1.165) is 30.7 Å². The van der Waals surface area contributed by atoms with Crippen LogP contribution in [0.4, 0.5) is 0 Å². The number of hydrogen-bond donors (Lipinski definition) is 2. The molecule has 1 aliphatic rings. The van der Waals surface area contributed by atoms with E-state index in [9.17, 15) is 9.90 Å². The topological polar surface area (TPSA) is 71.5 Å². The molecule has 106 valence electrons. The van der Waals surface area contributed by atoms with Crippen LogP contribution in [0.5, 0.6) is 0 Å². The second-order valence-electron chi connectivity index (χ2n) is 5.03. The Morgan fingerprint density at radius 3 is 2.95 bits per heavy atom. The van der Waals surface area contributed by atoms with Crippen LogP contribution in [-0.2, 0) is 11.3 Å². The summed E-state index contributed by atoms with van der Waals surface area (Å²) in [5, 5.41) is 15.6. The standard InChI is InChI=1S/C13H20N2O3S/c1-18-7-11-15-10(8-19-11)12(16)14-9-13(17)5-3-2-4-6-13/h8,17H,2-7,9H2,1H3,(H,14,16). The van der Waals surface area contributed by atoms with Crippen molar-refractivity contribution in [2.75, 3.05) is 13.7 Å². The van der Waals surface area contributed by atoms with Crippen LogP contribution in [0.1, 0.15) is 47.6 Å². The minimum atomic E-state index is -0.737. The Kier molecular flexibility index (Phi) is 4.90. The van der Waals surface area contributed by atoms with Crippen molar-refractivity contribution in [2.24, 2.45) is 0 Å². The van der Waals surface area contributed by atoms with E-state index in [2.05, 4.69) is 10.3 Å². The lowest BCUT2D eigenvalue weighted by Crippen LogP contribution is -2.44. The molecule has 0 aliphatic heterocycles. The van der Waals surface area contributed by atoms with Gasteiger partial charge in [-0.25, -0.2) is 4.98 Å². The van der Waals surface area contributed by atoms with Crippen LogP contribution in [0, 0.1) is 0 Å². The molecule has 1 saturated carbocycles. The lowest BCUT2D eigenvalue weighted by molar-refractivity contribution is 0.00521. The van der Waals surface area contributed by atoms with Crippen molar-refractivity contribution in [3.63, 3.8) is 0 Å². The minimum Gasteiger partial charge on any atom is -0.388 e. The third kappa shape index (κ3) is 3.99. The molecule has 0 radical (unpaired) electrons. The molecule has 1 amide bonds. The molecule has 1 heterocycles. The summed E-state index contributed by atoms with van der Waals surface area (Å²) in [5.41, 5.74) is -0.337. The van der Waals surface area contributed by atoms with Gasteiger partial charge in [0.05, 0.1) is 12.2 Å². The van der Waals surface area contributed by atoms with Crippen LogP contribution in [-0.4, -0.2) is 35.3 Å². The van der Waals surface area contributed by atoms with Crippen LogP contribution in [0.25, 0.3) is 0 Å². The van der Waals surface area contributed by atoms with Crippen molar-refractivity contribution in [1.29, 1.82) is 0 Å². The van der Waals surface area contributed by atoms with E-state index in [1.807, 2.05) is 0 Å². The molecule has 1 aliphatic carbocycles. The zero-order valence-electron chi connectivity index (χ0n) is 11.1. The summed E-state index contributed by atoms with van der Waals surface area (Å²) in [6, 6.07) is 0. The number of aliphatic hydroxyl groups is 1. The first-order valence-corrected chi connectivity index (χ1v) is 7.45. The molecular weight excluding hydrogens is 264 g/mol. The molecule has 1 aromatic heterocycles. The van der Waals surface area contributed by atoms with Crippen molar-refractivity contribution in [3.8, 4) is 0 Å². The molecule has 1 aromatic rings. The zero-order valence-corrected chi connectivity index (χ0v) is 12.0. The first-order chi connectivity index (χ1) is 9.13. The molecule has 19 heavy (non-hydrogen) atoms. The van der Waals surface area contributed by atoms with Gasteiger partial charge in [-0.1, -0.05) is 19.3 Å². The molecule has 2 N–H and O–H groups in total. The van der Waals surface area contributed by atoms with Gasteiger partial charge in [-0.3, -0.25) is 4.79 Å². The second-order valence-corrected chi connectivity index (χ2v) is 5.97. The van der Waals surface area contributed by atoms with Crippen molar-refractivity contribution in [1.82, 2.24) is 10.3 Å². The quantitative estimate of drug-likeness (QED) is 0.863. The van der Waals surface area contributed by atoms with E-state index < -0.39 is 5.60 Å². The molecule has 0 spiro atoms. The molecule has 0 saturated heterocycles. The first kappa shape index (κ1) is 14.4. The monoisotopic (exact) mass is 284 g/mol. The summed E-state index contributed by atoms with van der Waals surface area (Å²) in [7, 11) is 1.60. The van der Waals surface area contributed by atoms with Gasteiger partial charge >= 0.3 is 0 Å². The number of carbonyl (C=O) groups excluding carboxylic acids is 1. The van der Waals surface area contributed by atoms with E-state index in [1.165, 1.54) is 17.8 Å². The number of ether oxygens (including phenoxy) is 1. The molecular formula is C13H20N2O3S. The van der Waals surface area contributed by atoms with Gasteiger partial charge in [-0.2, -0.15) is 0 Å². The lowest BCUT2D eigenvalue weighted by atomic mass is 9.85. The molecule has 1 fully saturated rings. The summed E-state index contributed by atoms with van der Waals surface area (Å²) >= 11 is 1.40. The van der Waals surface area contributed by atoms with Crippen LogP contribution >= 0.6 is 11.3 Å². The Morgan fingerprint density at radius 2 is 2.26 bits per heavy atom. The Hall–Kier alpha value is -0.980. The number of thiazole rings is 1. The van der Waals surface area contributed by atoms with Crippen molar-refractivity contribution >= 4 is 17.2 Å². The van der Waals surface area contributed by atoms with E-state index in [-0.39, 0.29) is 5.91 Å². The number of hydrogen-bond acceptors (Lipinski definition) is 5. The number of carbonyl (C=O) groups is 1. The Morgan fingerprint density at radius 1 is 1.53 bits per heavy atom. The van der Waals surface area contributed by atoms with Gasteiger partial charge in [0.1, 0.15) is 10.7 Å². The van der Waals surface area contributed by atoms with Crippen molar-refractivity contribution < 1.29 is 14.6 Å². The fraction of sp³-hybridized carbons (Fsp3) is 0.692. The average Bonchev–Trinajstić information content (AvgIpc) is 2.86. The summed E-state index contributed by atoms with van der Waals surface area (Å²) < 4.78 is 4.97. The zero-order chi connectivity index (χ0) is 13.7. The Bertz CT molecular complexity index is 427. The summed E-state index contributed by atoms with van der Waals surface area (Å²) in [5.74, 6) is -0.224. The SMILES string of the molecule is COCc1nc(C(=O)NCC2(O)CCCCC2)cs1. The summed E-state index contributed by atoms with van der Waals surface area (Å²) in [4.78, 5) is 16.1. The predicted octanol–water partition coefficient (Wildman–Crippen LogP) is 1.71. The van der Waals surface area contributed by atoms with Gasteiger partial charge in [-0.15, -0.1) is 11.3 Å². The predicted molar refractivity (Wildman–Crippen MR) is 73.2 cm³/mol. The minimum absolute atomic E-state index is 0.224. The van der Waals surface area contributed by atoms with E-state index in [1.54, 1.807) is 12.5 Å². The third-order valence-corrected chi connectivity index (χ3v) is 4.24. The number of amides is 1. The highest BCUT2D eigenvalue weighted by atomic mass is 32.1. The lowest BCUT2D eigenvalue weighted by Gasteiger charge is -2.31. The van der Waals surface area contributed by atoms with Crippen LogP contribution in [0.15, 0.2) is 5.38 Å². The molecule has 2 rings (SSSR count). The van der Waals surface area contributed by atoms with Crippen molar-refractivity contribution in [3.05, 3.63) is 16.1 Å². The van der Waals surface area contributed by atoms with Gasteiger partial charge in [-0.05, 0) is 12.8 Å². The van der Waals surface area contributed by atoms with E-state index in [0.29, 0.717) is 18.8 Å². The Balaban J connectivity index is 1.86. The average molecular weight is 284 g/mol. The van der Waals surface area contributed by atoms with Crippen LogP contribution in [0.2, 0.25) is 0 Å². The number of nitrogens with one attached hydrogen (secondary N) is 1. The maximum atomic E-state index is 11.9. The van der Waals surface area contributed by atoms with E-state index in [4.69, 9.17) is 4.74 Å². The maximum Gasteiger partial charge on any atom is 0.270 e. The highest BCUT2D eigenvalue weighted by molar-refractivity contribution is 7.09. The number of rotatable bonds is 5. The fourth-order valence-electron chi connectivity index (χ4n) is 2.33. The molecule has 0 bridgehead atoms. The summed E-state index contributed by atoms with van der Waals surface area (Å²) in [6.07, 6.45) is 4.75. The number of aromatic nitrogens is 1. The molecule has 0 atom stereocenters. The van der Waals surface area contributed by atoms with E-state index >= 15 is 0 Å². The number of methoxy groups -OCH3 is 1. The Labute approximate surface area is 117 Å². The largest absolute Gasteiger partial charge is 0.388 e. The van der Waals surface area contributed by atoms with Gasteiger partial charge in [0, 0.05) is 19.0 Å². The van der Waals surface area contributed by atoms with Gasteiger partial charge in [0.2, 0.25) is 0 Å². The van der Waals surface area contributed by atoms with Crippen LogP contribution in [0.3, 0.4) is 0 Å². The molecule has 6 heteroatoms. The highest BCUT2D eigenvalue weighted by Gasteiger charge is 2.29. The van der Waals surface area contributed by atoms with Gasteiger partial charge in [0.15, 0.2) is 0 Å². The molecule has 0 unspecified atom stereocenters. The number of nitrogens with zero attached hydrogens (tertiary/aromatic N) is 1. The maximum absolute atomic E-state index is 11.9. The first-order valence-electron chi connectivity index (χ1n) is 6.57. The molecule has 0 aromatic carbocycles. The van der Waals surface area contributed by atoms with Crippen LogP contribution < -0.4 is 5.32 Å². The van der Waals surface area contributed by atoms with Gasteiger partial charge in [0.25, 0.3) is 5.91 Å². The highest BCUT2D eigenvalue weighted by Crippen LogP contribution is 2.27. The van der Waals surface area contributed by atoms with Gasteiger partial charge < -0.3 is 15.2 Å². The third-order valence-electron chi connectivity index (χ3n) is 3.41. The second kappa shape index (κ2) is 6.45. The normalized spacial score (nSPS) is 18.2. The van der Waals surface area contributed by atoms with Crippen molar-refractivity contribution in [2.45, 2.75) is 44.3 Å².